The molecule has 1 aliphatic heterocycles. The van der Waals surface area contributed by atoms with E-state index in [0.717, 1.165) is 32.1 Å². The number of rotatable bonds is 5. The van der Waals surface area contributed by atoms with Crippen LogP contribution in [0.5, 0.6) is 0 Å². The highest BCUT2D eigenvalue weighted by molar-refractivity contribution is 5.94. The fourth-order valence-electron chi connectivity index (χ4n) is 4.74. The van der Waals surface area contributed by atoms with Crippen LogP contribution in [-0.2, 0) is 9.59 Å². The first-order valence-corrected chi connectivity index (χ1v) is 10.1. The summed E-state index contributed by atoms with van der Waals surface area (Å²) >= 11 is 0. The molecule has 3 atom stereocenters. The van der Waals surface area contributed by atoms with Gasteiger partial charge in [0, 0.05) is 24.2 Å². The smallest absolute Gasteiger partial charge is 0.269 e. The molecule has 2 fully saturated rings. The van der Waals surface area contributed by atoms with Gasteiger partial charge in [-0.1, -0.05) is 43.5 Å². The number of fused-ring (bicyclic) bond motifs is 1. The van der Waals surface area contributed by atoms with E-state index in [-0.39, 0.29) is 35.5 Å². The minimum absolute atomic E-state index is 0.0149. The molecule has 1 aromatic rings. The zero-order valence-corrected chi connectivity index (χ0v) is 15.8. The van der Waals surface area contributed by atoms with E-state index in [1.54, 1.807) is 17.0 Å². The number of carbonyl (C=O) groups is 2. The largest absolute Gasteiger partial charge is 0.351 e. The maximum Gasteiger partial charge on any atom is 0.269 e. The van der Waals surface area contributed by atoms with Crippen LogP contribution in [0, 0.1) is 16.0 Å². The Morgan fingerprint density at radius 1 is 1.18 bits per heavy atom. The standard InChI is InChI=1S/C21H25N3O4/c25-20(22-15-8-2-1-3-9-15)19(14-7-6-10-16(13-14)24(27)28)23-18-12-5-4-11-17(18)21(23)26/h4-7,10,13,15,17-19H,1-3,8-9,11-12H2,(H,22,25)/t17-,18+,19?/m1/s1. The molecule has 4 rings (SSSR count). The number of β-lactam (4-membered cyclic amide) rings is 1. The summed E-state index contributed by atoms with van der Waals surface area (Å²) in [6, 6.07) is 5.39. The van der Waals surface area contributed by atoms with Crippen LogP contribution in [0.4, 0.5) is 5.69 Å². The predicted octanol–water partition coefficient (Wildman–Crippen LogP) is 3.26. The molecule has 1 saturated carbocycles. The SMILES string of the molecule is O=C(NC1CCCCC1)C(c1cccc([N+](=O)[O-])c1)N1C(=O)[C@@H]2CC=CC[C@@H]21. The number of hydrogen-bond acceptors (Lipinski definition) is 4. The number of amides is 2. The number of non-ortho nitro benzene ring substituents is 1. The van der Waals surface area contributed by atoms with Crippen molar-refractivity contribution >= 4 is 17.5 Å². The summed E-state index contributed by atoms with van der Waals surface area (Å²) in [4.78, 5) is 38.5. The van der Waals surface area contributed by atoms with E-state index < -0.39 is 11.0 Å². The lowest BCUT2D eigenvalue weighted by atomic mass is 9.77. The number of nitrogens with zero attached hydrogens (tertiary/aromatic N) is 2. The summed E-state index contributed by atoms with van der Waals surface area (Å²) in [6.45, 7) is 0. The van der Waals surface area contributed by atoms with Crippen LogP contribution in [0.25, 0.3) is 0 Å². The molecule has 7 nitrogen and oxygen atoms in total. The maximum absolute atomic E-state index is 13.3. The lowest BCUT2D eigenvalue weighted by molar-refractivity contribution is -0.384. The second kappa shape index (κ2) is 7.73. The van der Waals surface area contributed by atoms with E-state index in [4.69, 9.17) is 0 Å². The molecule has 1 heterocycles. The molecule has 1 unspecified atom stereocenters. The molecule has 2 amide bonds. The van der Waals surface area contributed by atoms with Gasteiger partial charge >= 0.3 is 0 Å². The topological polar surface area (TPSA) is 92.5 Å². The van der Waals surface area contributed by atoms with Crippen molar-refractivity contribution in [2.75, 3.05) is 0 Å². The van der Waals surface area contributed by atoms with Crippen LogP contribution in [0.3, 0.4) is 0 Å². The summed E-state index contributed by atoms with van der Waals surface area (Å²) in [5.41, 5.74) is 0.435. The quantitative estimate of drug-likeness (QED) is 0.366. The molecule has 28 heavy (non-hydrogen) atoms. The van der Waals surface area contributed by atoms with Gasteiger partial charge in [-0.3, -0.25) is 19.7 Å². The van der Waals surface area contributed by atoms with Crippen LogP contribution in [-0.4, -0.2) is 33.7 Å². The normalized spacial score (nSPS) is 25.6. The van der Waals surface area contributed by atoms with Crippen LogP contribution in [0.2, 0.25) is 0 Å². The monoisotopic (exact) mass is 383 g/mol. The lowest BCUT2D eigenvalue weighted by Gasteiger charge is -2.51. The van der Waals surface area contributed by atoms with Crippen molar-refractivity contribution in [3.05, 3.63) is 52.1 Å². The summed E-state index contributed by atoms with van der Waals surface area (Å²) < 4.78 is 0. The second-order valence-corrected chi connectivity index (χ2v) is 7.96. The summed E-state index contributed by atoms with van der Waals surface area (Å²) in [5.74, 6) is -0.341. The molecule has 1 N–H and O–H groups in total. The molecule has 0 radical (unpaired) electrons. The average Bonchev–Trinajstić information content (AvgIpc) is 2.72. The zero-order chi connectivity index (χ0) is 19.7. The fraction of sp³-hybridized carbons (Fsp3) is 0.524. The lowest BCUT2D eigenvalue weighted by Crippen LogP contribution is -2.64. The third kappa shape index (κ3) is 3.41. The molecule has 3 aliphatic rings. The highest BCUT2D eigenvalue weighted by Gasteiger charge is 2.52. The van der Waals surface area contributed by atoms with Gasteiger partial charge in [0.25, 0.3) is 5.69 Å². The Balaban J connectivity index is 1.64. The third-order valence-corrected chi connectivity index (χ3v) is 6.20. The van der Waals surface area contributed by atoms with Crippen molar-refractivity contribution in [1.29, 1.82) is 0 Å². The molecule has 1 aromatic carbocycles. The first kappa shape index (κ1) is 18.7. The number of allylic oxidation sites excluding steroid dienone is 1. The minimum Gasteiger partial charge on any atom is -0.351 e. The van der Waals surface area contributed by atoms with Crippen molar-refractivity contribution in [3.8, 4) is 0 Å². The van der Waals surface area contributed by atoms with E-state index >= 15 is 0 Å². The molecular weight excluding hydrogens is 358 g/mol. The minimum atomic E-state index is -0.818. The molecule has 0 spiro atoms. The number of hydrogen-bond donors (Lipinski definition) is 1. The Hall–Kier alpha value is -2.70. The molecule has 148 valence electrons. The van der Waals surface area contributed by atoms with E-state index in [9.17, 15) is 19.7 Å². The third-order valence-electron chi connectivity index (χ3n) is 6.20. The molecule has 2 aliphatic carbocycles. The summed E-state index contributed by atoms with van der Waals surface area (Å²) in [5, 5.41) is 14.3. The maximum atomic E-state index is 13.3. The number of benzene rings is 1. The number of nitrogens with one attached hydrogen (secondary N) is 1. The number of carbonyl (C=O) groups excluding carboxylic acids is 2. The molecule has 1 saturated heterocycles. The number of nitro benzene ring substituents is 1. The van der Waals surface area contributed by atoms with Crippen molar-refractivity contribution in [2.24, 2.45) is 5.92 Å². The Labute approximate surface area is 163 Å². The Kier molecular flexibility index (Phi) is 5.15. The van der Waals surface area contributed by atoms with E-state index in [0.29, 0.717) is 12.0 Å². The fourth-order valence-corrected chi connectivity index (χ4v) is 4.74. The Morgan fingerprint density at radius 3 is 2.68 bits per heavy atom. The van der Waals surface area contributed by atoms with Crippen molar-refractivity contribution in [3.63, 3.8) is 0 Å². The zero-order valence-electron chi connectivity index (χ0n) is 15.8. The van der Waals surface area contributed by atoms with Crippen molar-refractivity contribution < 1.29 is 14.5 Å². The van der Waals surface area contributed by atoms with E-state index in [1.165, 1.54) is 18.6 Å². The molecule has 7 heteroatoms. The number of likely N-dealkylation sites (tertiary alicyclic amines) is 1. The highest BCUT2D eigenvalue weighted by atomic mass is 16.6. The van der Waals surface area contributed by atoms with Gasteiger partial charge in [-0.25, -0.2) is 0 Å². The van der Waals surface area contributed by atoms with Gasteiger partial charge in [0.2, 0.25) is 11.8 Å². The average molecular weight is 383 g/mol. The van der Waals surface area contributed by atoms with Gasteiger partial charge in [0.1, 0.15) is 6.04 Å². The van der Waals surface area contributed by atoms with Crippen LogP contribution in [0.15, 0.2) is 36.4 Å². The van der Waals surface area contributed by atoms with Crippen molar-refractivity contribution in [2.45, 2.75) is 63.1 Å². The van der Waals surface area contributed by atoms with Crippen LogP contribution >= 0.6 is 0 Å². The van der Waals surface area contributed by atoms with Crippen LogP contribution in [0.1, 0.15) is 56.6 Å². The first-order valence-electron chi connectivity index (χ1n) is 10.1. The molecule has 0 aromatic heterocycles. The van der Waals surface area contributed by atoms with Gasteiger partial charge in [-0.15, -0.1) is 0 Å². The van der Waals surface area contributed by atoms with Crippen LogP contribution < -0.4 is 5.32 Å². The highest BCUT2D eigenvalue weighted by Crippen LogP contribution is 2.42. The summed E-state index contributed by atoms with van der Waals surface area (Å²) in [7, 11) is 0. The number of nitro groups is 1. The first-order chi connectivity index (χ1) is 13.6. The molecule has 0 bridgehead atoms. The van der Waals surface area contributed by atoms with E-state index in [1.807, 2.05) is 12.2 Å². The second-order valence-electron chi connectivity index (χ2n) is 7.96. The Morgan fingerprint density at radius 2 is 1.93 bits per heavy atom. The van der Waals surface area contributed by atoms with Gasteiger partial charge in [-0.2, -0.15) is 0 Å². The molecular formula is C21H25N3O4. The van der Waals surface area contributed by atoms with Gasteiger partial charge in [-0.05, 0) is 31.2 Å². The predicted molar refractivity (Wildman–Crippen MR) is 103 cm³/mol. The summed E-state index contributed by atoms with van der Waals surface area (Å²) in [6.07, 6.45) is 10.7. The van der Waals surface area contributed by atoms with Gasteiger partial charge < -0.3 is 10.2 Å². The Bertz CT molecular complexity index is 816. The van der Waals surface area contributed by atoms with E-state index in [2.05, 4.69) is 5.32 Å². The van der Waals surface area contributed by atoms with Crippen molar-refractivity contribution in [1.82, 2.24) is 10.2 Å². The van der Waals surface area contributed by atoms with Gasteiger partial charge in [0.15, 0.2) is 0 Å². The van der Waals surface area contributed by atoms with Gasteiger partial charge in [0.05, 0.1) is 10.8 Å².